The third-order valence-corrected chi connectivity index (χ3v) is 4.75. The zero-order valence-corrected chi connectivity index (χ0v) is 15.1. The molecule has 3 rings (SSSR count). The van der Waals surface area contributed by atoms with E-state index in [0.717, 1.165) is 10.9 Å². The van der Waals surface area contributed by atoms with Crippen molar-refractivity contribution in [3.05, 3.63) is 41.0 Å². The number of aromatic nitrogens is 2. The normalized spacial score (nSPS) is 11.0. The number of hydrogen-bond donors (Lipinski definition) is 2. The minimum absolute atomic E-state index is 0.162. The lowest BCUT2D eigenvalue weighted by Crippen LogP contribution is -2.09. The molecule has 2 N–H and O–H groups in total. The topological polar surface area (TPSA) is 84.3 Å². The Kier molecular flexibility index (Phi) is 4.85. The minimum atomic E-state index is -0.336. The summed E-state index contributed by atoms with van der Waals surface area (Å²) in [5, 5.41) is 13.6. The van der Waals surface area contributed by atoms with Crippen molar-refractivity contribution in [1.29, 1.82) is 0 Å². The van der Waals surface area contributed by atoms with Crippen molar-refractivity contribution < 1.29 is 14.6 Å². The molecule has 2 heterocycles. The van der Waals surface area contributed by atoms with Gasteiger partial charge in [0, 0.05) is 11.8 Å². The summed E-state index contributed by atoms with van der Waals surface area (Å²) in [4.78, 5) is 22.2. The molecular weight excluding hydrogens is 338 g/mol. The van der Waals surface area contributed by atoms with E-state index in [4.69, 9.17) is 4.74 Å². The lowest BCUT2D eigenvalue weighted by Gasteiger charge is -2.08. The molecule has 0 saturated carbocycles. The van der Waals surface area contributed by atoms with E-state index in [1.165, 1.54) is 17.7 Å². The number of benzene rings is 1. The van der Waals surface area contributed by atoms with Gasteiger partial charge in [-0.05, 0) is 30.5 Å². The van der Waals surface area contributed by atoms with Crippen molar-refractivity contribution in [3.8, 4) is 5.75 Å². The number of ether oxygens (including phenoxy) is 1. The number of aromatic hydroxyl groups is 1. The molecule has 25 heavy (non-hydrogen) atoms. The Morgan fingerprint density at radius 3 is 2.88 bits per heavy atom. The van der Waals surface area contributed by atoms with Crippen molar-refractivity contribution in [2.45, 2.75) is 20.8 Å². The summed E-state index contributed by atoms with van der Waals surface area (Å²) in [6.07, 6.45) is 1.45. The molecule has 0 aliphatic rings. The van der Waals surface area contributed by atoms with E-state index >= 15 is 0 Å². The zero-order chi connectivity index (χ0) is 18.0. The van der Waals surface area contributed by atoms with E-state index in [1.54, 1.807) is 18.2 Å². The number of nitrogens with one attached hydrogen (secondary N) is 1. The van der Waals surface area contributed by atoms with Crippen LogP contribution < -0.4 is 5.32 Å². The van der Waals surface area contributed by atoms with E-state index in [9.17, 15) is 9.90 Å². The van der Waals surface area contributed by atoms with Crippen LogP contribution >= 0.6 is 11.3 Å². The number of nitrogens with zero attached hydrogens (tertiary/aromatic N) is 2. The molecule has 0 radical (unpaired) electrons. The third-order valence-electron chi connectivity index (χ3n) is 3.57. The Morgan fingerprint density at radius 2 is 2.16 bits per heavy atom. The fourth-order valence-corrected chi connectivity index (χ4v) is 3.43. The fourth-order valence-electron chi connectivity index (χ4n) is 2.39. The Morgan fingerprint density at radius 1 is 1.36 bits per heavy atom. The molecule has 0 amide bonds. The van der Waals surface area contributed by atoms with E-state index in [0.29, 0.717) is 27.8 Å². The van der Waals surface area contributed by atoms with Gasteiger partial charge in [-0.15, -0.1) is 11.3 Å². The van der Waals surface area contributed by atoms with Gasteiger partial charge in [-0.1, -0.05) is 19.9 Å². The molecule has 2 aromatic heterocycles. The first-order chi connectivity index (χ1) is 12.0. The lowest BCUT2D eigenvalue weighted by atomic mass is 10.2. The molecule has 0 aliphatic carbocycles. The van der Waals surface area contributed by atoms with E-state index < -0.39 is 0 Å². The van der Waals surface area contributed by atoms with Gasteiger partial charge in [-0.25, -0.2) is 14.8 Å². The first kappa shape index (κ1) is 17.2. The summed E-state index contributed by atoms with van der Waals surface area (Å²) in [6, 6.07) is 6.77. The van der Waals surface area contributed by atoms with Gasteiger partial charge < -0.3 is 15.2 Å². The third kappa shape index (κ3) is 3.71. The first-order valence-electron chi connectivity index (χ1n) is 7.93. The number of thiophene rings is 1. The molecule has 3 aromatic rings. The van der Waals surface area contributed by atoms with Crippen LogP contribution in [0.2, 0.25) is 0 Å². The van der Waals surface area contributed by atoms with Crippen LogP contribution in [0.4, 0.5) is 11.5 Å². The van der Waals surface area contributed by atoms with Gasteiger partial charge in [-0.3, -0.25) is 0 Å². The quantitative estimate of drug-likeness (QED) is 0.664. The zero-order valence-electron chi connectivity index (χ0n) is 14.2. The lowest BCUT2D eigenvalue weighted by molar-refractivity contribution is 0.0464. The fraction of sp³-hybridized carbons (Fsp3) is 0.278. The first-order valence-corrected chi connectivity index (χ1v) is 8.74. The van der Waals surface area contributed by atoms with Crippen LogP contribution in [-0.4, -0.2) is 27.7 Å². The Labute approximate surface area is 149 Å². The maximum atomic E-state index is 12.3. The number of anilines is 2. The number of esters is 1. The summed E-state index contributed by atoms with van der Waals surface area (Å²) in [7, 11) is 0. The summed E-state index contributed by atoms with van der Waals surface area (Å²) in [5.74, 6) is 0.696. The average Bonchev–Trinajstić information content (AvgIpc) is 2.91. The van der Waals surface area contributed by atoms with Crippen molar-refractivity contribution in [3.63, 3.8) is 0 Å². The smallest absolute Gasteiger partial charge is 0.348 e. The SMILES string of the molecule is Cc1c(C(=O)OCC(C)C)sc2ncnc(Nc3cccc(O)c3)c12. The molecule has 0 aliphatic heterocycles. The number of hydrogen-bond acceptors (Lipinski definition) is 7. The minimum Gasteiger partial charge on any atom is -0.508 e. The molecule has 1 aromatic carbocycles. The summed E-state index contributed by atoms with van der Waals surface area (Å²) < 4.78 is 5.34. The van der Waals surface area contributed by atoms with Crippen molar-refractivity contribution in [2.24, 2.45) is 5.92 Å². The summed E-state index contributed by atoms with van der Waals surface area (Å²) in [5.41, 5.74) is 1.49. The molecule has 0 spiro atoms. The predicted octanol–water partition coefficient (Wildman–Crippen LogP) is 4.26. The average molecular weight is 357 g/mol. The van der Waals surface area contributed by atoms with Gasteiger partial charge in [0.1, 0.15) is 27.6 Å². The molecule has 6 nitrogen and oxygen atoms in total. The highest BCUT2D eigenvalue weighted by Crippen LogP contribution is 2.35. The van der Waals surface area contributed by atoms with Crippen molar-refractivity contribution in [1.82, 2.24) is 9.97 Å². The van der Waals surface area contributed by atoms with Crippen LogP contribution in [0.5, 0.6) is 5.75 Å². The standard InChI is InChI=1S/C18H19N3O3S/c1-10(2)8-24-18(23)15-11(3)14-16(19-9-20-17(14)25-15)21-12-5-4-6-13(22)7-12/h4-7,9-10,22H,8H2,1-3H3,(H,19,20,21). The highest BCUT2D eigenvalue weighted by atomic mass is 32.1. The van der Waals surface area contributed by atoms with E-state index in [2.05, 4.69) is 15.3 Å². The van der Waals surface area contributed by atoms with Crippen LogP contribution in [0.15, 0.2) is 30.6 Å². The number of carbonyl (C=O) groups excluding carboxylic acids is 1. The van der Waals surface area contributed by atoms with Gasteiger partial charge in [0.05, 0.1) is 12.0 Å². The maximum Gasteiger partial charge on any atom is 0.348 e. The van der Waals surface area contributed by atoms with Crippen LogP contribution in [0.3, 0.4) is 0 Å². The Hall–Kier alpha value is -2.67. The molecular formula is C18H19N3O3S. The van der Waals surface area contributed by atoms with E-state index in [1.807, 2.05) is 26.8 Å². The Balaban J connectivity index is 1.97. The molecule has 0 unspecified atom stereocenters. The van der Waals surface area contributed by atoms with Crippen LogP contribution in [-0.2, 0) is 4.74 Å². The van der Waals surface area contributed by atoms with Gasteiger partial charge in [0.15, 0.2) is 0 Å². The van der Waals surface area contributed by atoms with Crippen molar-refractivity contribution >= 4 is 39.0 Å². The van der Waals surface area contributed by atoms with Gasteiger partial charge in [0.2, 0.25) is 0 Å². The second kappa shape index (κ2) is 7.06. The molecule has 7 heteroatoms. The summed E-state index contributed by atoms with van der Waals surface area (Å²) >= 11 is 1.30. The van der Waals surface area contributed by atoms with Crippen LogP contribution in [0.1, 0.15) is 29.1 Å². The van der Waals surface area contributed by atoms with Crippen LogP contribution in [0.25, 0.3) is 10.2 Å². The van der Waals surface area contributed by atoms with Gasteiger partial charge in [-0.2, -0.15) is 0 Å². The number of phenolic OH excluding ortho intramolecular Hbond substituents is 1. The molecule has 0 saturated heterocycles. The number of phenols is 1. The van der Waals surface area contributed by atoms with Gasteiger partial charge >= 0.3 is 5.97 Å². The van der Waals surface area contributed by atoms with Crippen LogP contribution in [0, 0.1) is 12.8 Å². The second-order valence-corrected chi connectivity index (χ2v) is 7.13. The predicted molar refractivity (Wildman–Crippen MR) is 98.7 cm³/mol. The van der Waals surface area contributed by atoms with Gasteiger partial charge in [0.25, 0.3) is 0 Å². The monoisotopic (exact) mass is 357 g/mol. The number of rotatable bonds is 5. The number of carbonyl (C=O) groups is 1. The Bertz CT molecular complexity index is 921. The largest absolute Gasteiger partial charge is 0.508 e. The molecule has 130 valence electrons. The summed E-state index contributed by atoms with van der Waals surface area (Å²) in [6.45, 7) is 6.23. The van der Waals surface area contributed by atoms with E-state index in [-0.39, 0.29) is 17.6 Å². The highest BCUT2D eigenvalue weighted by molar-refractivity contribution is 7.20. The van der Waals surface area contributed by atoms with Crippen molar-refractivity contribution in [2.75, 3.05) is 11.9 Å². The maximum absolute atomic E-state index is 12.3. The number of aryl methyl sites for hydroxylation is 1. The molecule has 0 atom stereocenters. The highest BCUT2D eigenvalue weighted by Gasteiger charge is 2.20. The second-order valence-electron chi connectivity index (χ2n) is 6.13. The molecule has 0 bridgehead atoms. The molecule has 0 fully saturated rings. The number of fused-ring (bicyclic) bond motifs is 1.